The number of aromatic nitrogens is 2. The third-order valence-electron chi connectivity index (χ3n) is 2.15. The van der Waals surface area contributed by atoms with Gasteiger partial charge in [0.15, 0.2) is 5.69 Å². The number of aryl methyl sites for hydroxylation is 1. The van der Waals surface area contributed by atoms with Crippen LogP contribution in [0, 0.1) is 12.7 Å². The maximum atomic E-state index is 13.0. The summed E-state index contributed by atoms with van der Waals surface area (Å²) in [6, 6.07) is 7.10. The molecule has 0 bridgehead atoms. The number of nitrogens with zero attached hydrogens (tertiary/aromatic N) is 2. The van der Waals surface area contributed by atoms with E-state index in [1.54, 1.807) is 19.1 Å². The summed E-state index contributed by atoms with van der Waals surface area (Å²) in [4.78, 5) is 18.6. The van der Waals surface area contributed by atoms with Gasteiger partial charge in [0.2, 0.25) is 0 Å². The van der Waals surface area contributed by atoms with Crippen LogP contribution in [0.15, 0.2) is 30.3 Å². The predicted molar refractivity (Wildman–Crippen MR) is 63.4 cm³/mol. The number of hydrogen-bond acceptors (Lipinski definition) is 4. The zero-order valence-corrected chi connectivity index (χ0v) is 9.51. The Morgan fingerprint density at radius 1 is 1.33 bits per heavy atom. The third kappa shape index (κ3) is 2.79. The second kappa shape index (κ2) is 4.79. The average molecular weight is 247 g/mol. The molecule has 0 atom stereocenters. The molecule has 0 saturated carbocycles. The van der Waals surface area contributed by atoms with Crippen molar-refractivity contribution in [1.82, 2.24) is 9.97 Å². The summed E-state index contributed by atoms with van der Waals surface area (Å²) >= 11 is 0. The fraction of sp³-hybridized carbons (Fsp3) is 0.0833. The first-order valence-corrected chi connectivity index (χ1v) is 5.16. The van der Waals surface area contributed by atoms with Crippen LogP contribution >= 0.6 is 0 Å². The van der Waals surface area contributed by atoms with Crippen LogP contribution in [0.4, 0.5) is 15.9 Å². The Morgan fingerprint density at radius 2 is 2.11 bits per heavy atom. The standard InChI is InChI=1S/C12H10FN3O2/c1-7-14-10(12(17)18)6-11(15-7)16-9-4-2-3-8(13)5-9/h2-6H,1H3,(H,17,18)(H,14,15,16). The maximum absolute atomic E-state index is 13.0. The smallest absolute Gasteiger partial charge is 0.354 e. The molecule has 1 aromatic heterocycles. The molecule has 6 heteroatoms. The van der Waals surface area contributed by atoms with Crippen LogP contribution in [0.2, 0.25) is 0 Å². The number of benzene rings is 1. The summed E-state index contributed by atoms with van der Waals surface area (Å²) in [5.41, 5.74) is 0.380. The van der Waals surface area contributed by atoms with E-state index in [1.807, 2.05) is 0 Å². The van der Waals surface area contributed by atoms with Gasteiger partial charge in [-0.3, -0.25) is 0 Å². The minimum atomic E-state index is -1.14. The molecule has 2 rings (SSSR count). The second-order valence-electron chi connectivity index (χ2n) is 3.63. The molecular weight excluding hydrogens is 237 g/mol. The van der Waals surface area contributed by atoms with Gasteiger partial charge in [-0.05, 0) is 25.1 Å². The zero-order chi connectivity index (χ0) is 13.1. The van der Waals surface area contributed by atoms with Gasteiger partial charge in [0.05, 0.1) is 0 Å². The lowest BCUT2D eigenvalue weighted by Gasteiger charge is -2.07. The van der Waals surface area contributed by atoms with Crippen LogP contribution in [0.25, 0.3) is 0 Å². The highest BCUT2D eigenvalue weighted by Crippen LogP contribution is 2.16. The number of carboxylic acid groups (broad SMARTS) is 1. The highest BCUT2D eigenvalue weighted by atomic mass is 19.1. The van der Waals surface area contributed by atoms with Crippen LogP contribution in [0.5, 0.6) is 0 Å². The normalized spacial score (nSPS) is 10.1. The Hall–Kier alpha value is -2.50. The molecule has 0 spiro atoms. The van der Waals surface area contributed by atoms with E-state index in [0.717, 1.165) is 0 Å². The van der Waals surface area contributed by atoms with Crippen molar-refractivity contribution >= 4 is 17.5 Å². The van der Waals surface area contributed by atoms with Crippen LogP contribution < -0.4 is 5.32 Å². The van der Waals surface area contributed by atoms with E-state index < -0.39 is 5.97 Å². The summed E-state index contributed by atoms with van der Waals surface area (Å²) in [7, 11) is 0. The summed E-state index contributed by atoms with van der Waals surface area (Å²) in [6.45, 7) is 1.59. The summed E-state index contributed by atoms with van der Waals surface area (Å²) < 4.78 is 13.0. The van der Waals surface area contributed by atoms with Crippen molar-refractivity contribution in [3.63, 3.8) is 0 Å². The number of rotatable bonds is 3. The zero-order valence-electron chi connectivity index (χ0n) is 9.51. The molecule has 0 unspecified atom stereocenters. The van der Waals surface area contributed by atoms with E-state index in [4.69, 9.17) is 5.11 Å². The molecule has 0 aliphatic carbocycles. The molecule has 2 aromatic rings. The van der Waals surface area contributed by atoms with E-state index in [1.165, 1.54) is 18.2 Å². The number of hydrogen-bond donors (Lipinski definition) is 2. The molecule has 0 aliphatic rings. The molecule has 0 aliphatic heterocycles. The van der Waals surface area contributed by atoms with Gasteiger partial charge in [0.1, 0.15) is 17.5 Å². The van der Waals surface area contributed by atoms with E-state index in [-0.39, 0.29) is 11.5 Å². The molecule has 1 aromatic carbocycles. The van der Waals surface area contributed by atoms with Crippen LogP contribution in [0.3, 0.4) is 0 Å². The molecular formula is C12H10FN3O2. The highest BCUT2D eigenvalue weighted by Gasteiger charge is 2.08. The van der Waals surface area contributed by atoms with Crippen molar-refractivity contribution in [2.75, 3.05) is 5.32 Å². The number of carbonyl (C=O) groups is 1. The fourth-order valence-electron chi connectivity index (χ4n) is 1.46. The van der Waals surface area contributed by atoms with Crippen molar-refractivity contribution in [2.45, 2.75) is 6.92 Å². The first-order chi connectivity index (χ1) is 8.54. The maximum Gasteiger partial charge on any atom is 0.354 e. The Morgan fingerprint density at radius 3 is 2.78 bits per heavy atom. The number of aromatic carboxylic acids is 1. The summed E-state index contributed by atoms with van der Waals surface area (Å²) in [5, 5.41) is 11.7. The van der Waals surface area contributed by atoms with E-state index in [2.05, 4.69) is 15.3 Å². The quantitative estimate of drug-likeness (QED) is 0.870. The lowest BCUT2D eigenvalue weighted by Crippen LogP contribution is -2.05. The van der Waals surface area contributed by atoms with Gasteiger partial charge >= 0.3 is 5.97 Å². The molecule has 0 saturated heterocycles. The summed E-state index contributed by atoms with van der Waals surface area (Å²) in [6.07, 6.45) is 0. The minimum Gasteiger partial charge on any atom is -0.477 e. The SMILES string of the molecule is Cc1nc(Nc2cccc(F)c2)cc(C(=O)O)n1. The van der Waals surface area contributed by atoms with Crippen LogP contribution in [0.1, 0.15) is 16.3 Å². The Labute approximate surface area is 102 Å². The predicted octanol–water partition coefficient (Wildman–Crippen LogP) is 2.37. The van der Waals surface area contributed by atoms with Gasteiger partial charge in [-0.2, -0.15) is 0 Å². The van der Waals surface area contributed by atoms with E-state index in [0.29, 0.717) is 17.3 Å². The molecule has 0 amide bonds. The van der Waals surface area contributed by atoms with Crippen LogP contribution in [-0.2, 0) is 0 Å². The number of halogens is 1. The average Bonchev–Trinajstić information content (AvgIpc) is 2.28. The number of nitrogens with one attached hydrogen (secondary N) is 1. The minimum absolute atomic E-state index is 0.110. The van der Waals surface area contributed by atoms with Crippen molar-refractivity contribution in [2.24, 2.45) is 0 Å². The van der Waals surface area contributed by atoms with Gasteiger partial charge in [0.25, 0.3) is 0 Å². The van der Waals surface area contributed by atoms with Gasteiger partial charge in [-0.1, -0.05) is 6.07 Å². The molecule has 2 N–H and O–H groups in total. The second-order valence-corrected chi connectivity index (χ2v) is 3.63. The Bertz CT molecular complexity index is 602. The lowest BCUT2D eigenvalue weighted by molar-refractivity contribution is 0.0690. The Balaban J connectivity index is 2.31. The molecule has 1 heterocycles. The van der Waals surface area contributed by atoms with Crippen molar-refractivity contribution in [3.05, 3.63) is 47.7 Å². The van der Waals surface area contributed by atoms with Crippen molar-refractivity contribution in [1.29, 1.82) is 0 Å². The number of carboxylic acids is 1. The van der Waals surface area contributed by atoms with Crippen molar-refractivity contribution in [3.8, 4) is 0 Å². The topological polar surface area (TPSA) is 75.1 Å². The first kappa shape index (κ1) is 12.0. The largest absolute Gasteiger partial charge is 0.477 e. The molecule has 0 radical (unpaired) electrons. The van der Waals surface area contributed by atoms with E-state index in [9.17, 15) is 9.18 Å². The lowest BCUT2D eigenvalue weighted by atomic mass is 10.3. The van der Waals surface area contributed by atoms with Crippen LogP contribution in [-0.4, -0.2) is 21.0 Å². The third-order valence-corrected chi connectivity index (χ3v) is 2.15. The molecule has 5 nitrogen and oxygen atoms in total. The summed E-state index contributed by atoms with van der Waals surface area (Å²) in [5.74, 6) is -0.883. The molecule has 0 fully saturated rings. The highest BCUT2D eigenvalue weighted by molar-refractivity contribution is 5.86. The molecule has 18 heavy (non-hydrogen) atoms. The van der Waals surface area contributed by atoms with Gasteiger partial charge < -0.3 is 10.4 Å². The van der Waals surface area contributed by atoms with Gasteiger partial charge in [-0.25, -0.2) is 19.2 Å². The Kier molecular flexibility index (Phi) is 3.18. The molecule has 92 valence electrons. The first-order valence-electron chi connectivity index (χ1n) is 5.16. The monoisotopic (exact) mass is 247 g/mol. The number of anilines is 2. The van der Waals surface area contributed by atoms with Gasteiger partial charge in [0, 0.05) is 11.8 Å². The van der Waals surface area contributed by atoms with Crippen molar-refractivity contribution < 1.29 is 14.3 Å². The fourth-order valence-corrected chi connectivity index (χ4v) is 1.46. The van der Waals surface area contributed by atoms with Gasteiger partial charge in [-0.15, -0.1) is 0 Å². The van der Waals surface area contributed by atoms with E-state index >= 15 is 0 Å².